The summed E-state index contributed by atoms with van der Waals surface area (Å²) in [5, 5.41) is 6.05. The molecule has 2 amide bonds. The van der Waals surface area contributed by atoms with Crippen LogP contribution in [0.15, 0.2) is 59.2 Å². The standard InChI is InChI=1S/C19H16ClN3O3/c1-12-10-13(20)7-8-15(12)23-19(25)17-6-2-5-16(22-17)18(24)21-11-14-4-3-9-26-14/h2-10H,11H2,1H3,(H,21,24)(H,23,25). The normalized spacial score (nSPS) is 10.4. The lowest BCUT2D eigenvalue weighted by molar-refractivity contribution is 0.0943. The summed E-state index contributed by atoms with van der Waals surface area (Å²) >= 11 is 5.92. The molecule has 0 atom stereocenters. The maximum atomic E-state index is 12.4. The number of rotatable bonds is 5. The molecule has 0 bridgehead atoms. The van der Waals surface area contributed by atoms with E-state index in [-0.39, 0.29) is 17.9 Å². The summed E-state index contributed by atoms with van der Waals surface area (Å²) in [5.41, 5.74) is 1.76. The van der Waals surface area contributed by atoms with Crippen molar-refractivity contribution >= 4 is 29.1 Å². The van der Waals surface area contributed by atoms with E-state index < -0.39 is 11.8 Å². The van der Waals surface area contributed by atoms with Gasteiger partial charge >= 0.3 is 0 Å². The van der Waals surface area contributed by atoms with Gasteiger partial charge in [0.1, 0.15) is 17.1 Å². The van der Waals surface area contributed by atoms with Gasteiger partial charge in [-0.25, -0.2) is 4.98 Å². The van der Waals surface area contributed by atoms with Crippen molar-refractivity contribution in [3.8, 4) is 0 Å². The van der Waals surface area contributed by atoms with Crippen LogP contribution in [0.1, 0.15) is 32.3 Å². The predicted octanol–water partition coefficient (Wildman–Crippen LogP) is 3.82. The van der Waals surface area contributed by atoms with Gasteiger partial charge in [0.05, 0.1) is 12.8 Å². The van der Waals surface area contributed by atoms with Gasteiger partial charge in [0, 0.05) is 10.7 Å². The lowest BCUT2D eigenvalue weighted by Gasteiger charge is -2.09. The molecule has 132 valence electrons. The lowest BCUT2D eigenvalue weighted by atomic mass is 10.2. The number of anilines is 1. The Kier molecular flexibility index (Phi) is 5.34. The maximum absolute atomic E-state index is 12.4. The number of amides is 2. The topological polar surface area (TPSA) is 84.2 Å². The second kappa shape index (κ2) is 7.84. The fourth-order valence-electron chi connectivity index (χ4n) is 2.31. The fraction of sp³-hybridized carbons (Fsp3) is 0.105. The highest BCUT2D eigenvalue weighted by Gasteiger charge is 2.13. The molecule has 1 aromatic carbocycles. The molecule has 7 heteroatoms. The molecule has 6 nitrogen and oxygen atoms in total. The average molecular weight is 370 g/mol. The van der Waals surface area contributed by atoms with Crippen LogP contribution in [0, 0.1) is 6.92 Å². The number of aryl methyl sites for hydroxylation is 1. The van der Waals surface area contributed by atoms with Crippen molar-refractivity contribution in [3.63, 3.8) is 0 Å². The summed E-state index contributed by atoms with van der Waals surface area (Å²) in [4.78, 5) is 28.8. The Balaban J connectivity index is 1.69. The van der Waals surface area contributed by atoms with Gasteiger partial charge < -0.3 is 15.1 Å². The van der Waals surface area contributed by atoms with E-state index >= 15 is 0 Å². The van der Waals surface area contributed by atoms with Crippen LogP contribution in [0.4, 0.5) is 5.69 Å². The lowest BCUT2D eigenvalue weighted by Crippen LogP contribution is -2.25. The van der Waals surface area contributed by atoms with Crippen molar-refractivity contribution in [2.45, 2.75) is 13.5 Å². The predicted molar refractivity (Wildman–Crippen MR) is 98.3 cm³/mol. The maximum Gasteiger partial charge on any atom is 0.274 e. The van der Waals surface area contributed by atoms with Gasteiger partial charge in [-0.05, 0) is 55.0 Å². The number of hydrogen-bond acceptors (Lipinski definition) is 4. The number of hydrogen-bond donors (Lipinski definition) is 2. The number of nitrogens with one attached hydrogen (secondary N) is 2. The van der Waals surface area contributed by atoms with E-state index in [9.17, 15) is 9.59 Å². The third kappa shape index (κ3) is 4.29. The molecular formula is C19H16ClN3O3. The van der Waals surface area contributed by atoms with Gasteiger partial charge in [0.15, 0.2) is 0 Å². The van der Waals surface area contributed by atoms with Crippen LogP contribution in [0.3, 0.4) is 0 Å². The van der Waals surface area contributed by atoms with Gasteiger partial charge in [0.25, 0.3) is 11.8 Å². The van der Waals surface area contributed by atoms with Gasteiger partial charge in [-0.1, -0.05) is 17.7 Å². The number of benzene rings is 1. The van der Waals surface area contributed by atoms with E-state index in [1.54, 1.807) is 48.5 Å². The summed E-state index contributed by atoms with van der Waals surface area (Å²) in [7, 11) is 0. The summed E-state index contributed by atoms with van der Waals surface area (Å²) in [6, 6.07) is 13.4. The molecule has 2 heterocycles. The molecular weight excluding hydrogens is 354 g/mol. The van der Waals surface area contributed by atoms with Gasteiger partial charge in [-0.3, -0.25) is 9.59 Å². The molecule has 3 rings (SSSR count). The first-order chi connectivity index (χ1) is 12.5. The molecule has 0 aliphatic heterocycles. The smallest absolute Gasteiger partial charge is 0.274 e. The minimum absolute atomic E-state index is 0.144. The Morgan fingerprint density at radius 3 is 2.54 bits per heavy atom. The number of aromatic nitrogens is 1. The fourth-order valence-corrected chi connectivity index (χ4v) is 2.54. The largest absolute Gasteiger partial charge is 0.467 e. The van der Waals surface area contributed by atoms with Crippen molar-refractivity contribution in [3.05, 3.63) is 82.5 Å². The number of nitrogens with zero attached hydrogens (tertiary/aromatic N) is 1. The van der Waals surface area contributed by atoms with Crippen LogP contribution < -0.4 is 10.6 Å². The van der Waals surface area contributed by atoms with Crippen LogP contribution in [0.5, 0.6) is 0 Å². The van der Waals surface area contributed by atoms with E-state index in [1.807, 2.05) is 6.92 Å². The Hall–Kier alpha value is -3.12. The van der Waals surface area contributed by atoms with Crippen molar-refractivity contribution in [2.75, 3.05) is 5.32 Å². The third-order valence-electron chi connectivity index (χ3n) is 3.65. The van der Waals surface area contributed by atoms with Gasteiger partial charge in [-0.15, -0.1) is 0 Å². The van der Waals surface area contributed by atoms with Gasteiger partial charge in [-0.2, -0.15) is 0 Å². The molecule has 0 aliphatic rings. The van der Waals surface area contributed by atoms with Crippen LogP contribution in [-0.2, 0) is 6.54 Å². The molecule has 0 saturated heterocycles. The van der Waals surface area contributed by atoms with Gasteiger partial charge in [0.2, 0.25) is 0 Å². The summed E-state index contributed by atoms with van der Waals surface area (Å²) < 4.78 is 5.16. The summed E-state index contributed by atoms with van der Waals surface area (Å²) in [6.45, 7) is 2.08. The zero-order valence-electron chi connectivity index (χ0n) is 14.0. The molecule has 0 radical (unpaired) electrons. The Bertz CT molecular complexity index is 939. The van der Waals surface area contributed by atoms with E-state index in [1.165, 1.54) is 6.26 Å². The zero-order valence-corrected chi connectivity index (χ0v) is 14.7. The number of carbonyl (C=O) groups is 2. The number of halogens is 1. The van der Waals surface area contributed by atoms with Crippen LogP contribution in [0.25, 0.3) is 0 Å². The molecule has 3 aromatic rings. The van der Waals surface area contributed by atoms with Crippen LogP contribution in [0.2, 0.25) is 5.02 Å². The third-order valence-corrected chi connectivity index (χ3v) is 3.89. The first kappa shape index (κ1) is 17.7. The summed E-state index contributed by atoms with van der Waals surface area (Å²) in [6.07, 6.45) is 1.53. The Morgan fingerprint density at radius 1 is 1.08 bits per heavy atom. The highest BCUT2D eigenvalue weighted by atomic mass is 35.5. The number of pyridine rings is 1. The zero-order chi connectivity index (χ0) is 18.5. The van der Waals surface area contributed by atoms with Crippen molar-refractivity contribution in [2.24, 2.45) is 0 Å². The van der Waals surface area contributed by atoms with E-state index in [0.717, 1.165) is 5.56 Å². The second-order valence-electron chi connectivity index (χ2n) is 5.58. The number of furan rings is 1. The second-order valence-corrected chi connectivity index (χ2v) is 6.02. The SMILES string of the molecule is Cc1cc(Cl)ccc1NC(=O)c1cccc(C(=O)NCc2ccco2)n1. The van der Waals surface area contributed by atoms with E-state index in [0.29, 0.717) is 16.5 Å². The molecule has 0 spiro atoms. The molecule has 26 heavy (non-hydrogen) atoms. The highest BCUT2D eigenvalue weighted by molar-refractivity contribution is 6.30. The van der Waals surface area contributed by atoms with Crippen LogP contribution >= 0.6 is 11.6 Å². The first-order valence-electron chi connectivity index (χ1n) is 7.88. The molecule has 0 aliphatic carbocycles. The summed E-state index contributed by atoms with van der Waals surface area (Å²) in [5.74, 6) is -0.166. The van der Waals surface area contributed by atoms with Crippen molar-refractivity contribution < 1.29 is 14.0 Å². The Labute approximate surface area is 155 Å². The Morgan fingerprint density at radius 2 is 1.85 bits per heavy atom. The van der Waals surface area contributed by atoms with E-state index in [4.69, 9.17) is 16.0 Å². The molecule has 0 unspecified atom stereocenters. The molecule has 2 aromatic heterocycles. The van der Waals surface area contributed by atoms with E-state index in [2.05, 4.69) is 15.6 Å². The minimum atomic E-state index is -0.406. The number of carbonyl (C=O) groups excluding carboxylic acids is 2. The van der Waals surface area contributed by atoms with Crippen molar-refractivity contribution in [1.29, 1.82) is 0 Å². The average Bonchev–Trinajstić information content (AvgIpc) is 3.15. The van der Waals surface area contributed by atoms with Crippen molar-refractivity contribution in [1.82, 2.24) is 10.3 Å². The van der Waals surface area contributed by atoms with Crippen LogP contribution in [-0.4, -0.2) is 16.8 Å². The molecule has 0 fully saturated rings. The minimum Gasteiger partial charge on any atom is -0.467 e. The first-order valence-corrected chi connectivity index (χ1v) is 8.26. The molecule has 0 saturated carbocycles. The quantitative estimate of drug-likeness (QED) is 0.716. The highest BCUT2D eigenvalue weighted by Crippen LogP contribution is 2.20. The monoisotopic (exact) mass is 369 g/mol. The molecule has 2 N–H and O–H groups in total.